The number of amides is 3. The zero-order valence-corrected chi connectivity index (χ0v) is 11.9. The molecule has 2 fully saturated rings. The Morgan fingerprint density at radius 1 is 1.53 bits per heavy atom. The third-order valence-electron chi connectivity index (χ3n) is 3.92. The van der Waals surface area contributed by atoms with Gasteiger partial charge in [-0.15, -0.1) is 11.3 Å². The van der Waals surface area contributed by atoms with Gasteiger partial charge in [-0.3, -0.25) is 9.69 Å². The van der Waals surface area contributed by atoms with Crippen molar-refractivity contribution >= 4 is 23.3 Å². The maximum absolute atomic E-state index is 12.4. The number of hydrogen-bond acceptors (Lipinski definition) is 4. The minimum absolute atomic E-state index is 0.106. The molecule has 0 radical (unpaired) electrons. The molecule has 1 saturated carbocycles. The van der Waals surface area contributed by atoms with E-state index in [-0.39, 0.29) is 18.5 Å². The minimum Gasteiger partial charge on any atom is -0.323 e. The van der Waals surface area contributed by atoms with Crippen molar-refractivity contribution in [2.45, 2.75) is 45.2 Å². The molecule has 6 heteroatoms. The third-order valence-corrected chi connectivity index (χ3v) is 4.96. The number of nitrogens with zero attached hydrogens (tertiary/aromatic N) is 2. The lowest BCUT2D eigenvalue weighted by molar-refractivity contribution is -0.131. The highest BCUT2D eigenvalue weighted by atomic mass is 32.1. The first-order valence-corrected chi connectivity index (χ1v) is 7.50. The van der Waals surface area contributed by atoms with E-state index in [0.717, 1.165) is 30.0 Å². The molecule has 19 heavy (non-hydrogen) atoms. The molecule has 2 aliphatic rings. The monoisotopic (exact) mass is 279 g/mol. The number of imide groups is 1. The molecule has 1 saturated heterocycles. The summed E-state index contributed by atoms with van der Waals surface area (Å²) in [5.74, 6) is 0.196. The quantitative estimate of drug-likeness (QED) is 0.857. The summed E-state index contributed by atoms with van der Waals surface area (Å²) >= 11 is 1.57. The Morgan fingerprint density at radius 3 is 2.84 bits per heavy atom. The average Bonchev–Trinajstić information content (AvgIpc) is 3.11. The summed E-state index contributed by atoms with van der Waals surface area (Å²) in [5.41, 5.74) is 0.103. The summed E-state index contributed by atoms with van der Waals surface area (Å²) in [6.07, 6.45) is 2.92. The van der Waals surface area contributed by atoms with Gasteiger partial charge in [-0.05, 0) is 32.1 Å². The van der Waals surface area contributed by atoms with Gasteiger partial charge in [0.25, 0.3) is 5.91 Å². The molecule has 1 atom stereocenters. The predicted octanol–water partition coefficient (Wildman–Crippen LogP) is 1.93. The molecule has 3 amide bonds. The first-order valence-electron chi connectivity index (χ1n) is 6.62. The van der Waals surface area contributed by atoms with E-state index in [1.165, 1.54) is 4.90 Å². The standard InChI is InChI=1S/C13H17N3O2S/c1-3-10-14-9(7-19-10)6-16-11(17)13(2,8-4-5-8)15-12(16)18/h7-8H,3-6H2,1-2H3,(H,15,18). The number of nitrogens with one attached hydrogen (secondary N) is 1. The summed E-state index contributed by atoms with van der Waals surface area (Å²) in [6.45, 7) is 4.16. The second kappa shape index (κ2) is 4.30. The van der Waals surface area contributed by atoms with E-state index in [4.69, 9.17) is 0 Å². The van der Waals surface area contributed by atoms with E-state index in [9.17, 15) is 9.59 Å². The molecule has 2 heterocycles. The molecular weight excluding hydrogens is 262 g/mol. The number of urea groups is 1. The van der Waals surface area contributed by atoms with Gasteiger partial charge in [0.15, 0.2) is 0 Å². The fraction of sp³-hybridized carbons (Fsp3) is 0.615. The van der Waals surface area contributed by atoms with Crippen LogP contribution in [0.25, 0.3) is 0 Å². The second-order valence-corrected chi connectivity index (χ2v) is 6.33. The van der Waals surface area contributed by atoms with Gasteiger partial charge in [0.2, 0.25) is 0 Å². The van der Waals surface area contributed by atoms with E-state index >= 15 is 0 Å². The van der Waals surface area contributed by atoms with Gasteiger partial charge in [0, 0.05) is 5.38 Å². The van der Waals surface area contributed by atoms with Crippen LogP contribution >= 0.6 is 11.3 Å². The van der Waals surface area contributed by atoms with Crippen LogP contribution < -0.4 is 5.32 Å². The van der Waals surface area contributed by atoms with Gasteiger partial charge in [-0.2, -0.15) is 0 Å². The number of aromatic nitrogens is 1. The molecule has 1 aromatic heterocycles. The van der Waals surface area contributed by atoms with Gasteiger partial charge in [-0.25, -0.2) is 9.78 Å². The molecule has 102 valence electrons. The fourth-order valence-corrected chi connectivity index (χ4v) is 3.28. The Labute approximate surface area is 116 Å². The zero-order chi connectivity index (χ0) is 13.6. The van der Waals surface area contributed by atoms with E-state index in [1.807, 2.05) is 19.2 Å². The van der Waals surface area contributed by atoms with Crippen LogP contribution in [-0.2, 0) is 17.8 Å². The van der Waals surface area contributed by atoms with Crippen molar-refractivity contribution < 1.29 is 9.59 Å². The summed E-state index contributed by atoms with van der Waals surface area (Å²) in [6, 6.07) is -0.287. The summed E-state index contributed by atoms with van der Waals surface area (Å²) < 4.78 is 0. The Bertz CT molecular complexity index is 538. The van der Waals surface area contributed by atoms with Crippen LogP contribution in [-0.4, -0.2) is 27.4 Å². The van der Waals surface area contributed by atoms with Gasteiger partial charge in [-0.1, -0.05) is 6.92 Å². The second-order valence-electron chi connectivity index (χ2n) is 5.38. The van der Waals surface area contributed by atoms with Crippen LogP contribution in [0, 0.1) is 5.92 Å². The summed E-state index contributed by atoms with van der Waals surface area (Å²) in [5, 5.41) is 5.80. The van der Waals surface area contributed by atoms with Gasteiger partial charge in [0.1, 0.15) is 5.54 Å². The maximum atomic E-state index is 12.4. The van der Waals surface area contributed by atoms with Crippen molar-refractivity contribution in [3.63, 3.8) is 0 Å². The van der Waals surface area contributed by atoms with Crippen molar-refractivity contribution in [1.29, 1.82) is 0 Å². The molecule has 0 spiro atoms. The topological polar surface area (TPSA) is 62.3 Å². The van der Waals surface area contributed by atoms with Crippen molar-refractivity contribution in [3.05, 3.63) is 16.1 Å². The number of thiazole rings is 1. The highest BCUT2D eigenvalue weighted by molar-refractivity contribution is 7.09. The molecular formula is C13H17N3O2S. The average molecular weight is 279 g/mol. The highest BCUT2D eigenvalue weighted by Crippen LogP contribution is 2.42. The molecule has 0 aromatic carbocycles. The molecule has 1 aromatic rings. The van der Waals surface area contributed by atoms with E-state index in [0.29, 0.717) is 5.92 Å². The maximum Gasteiger partial charge on any atom is 0.325 e. The highest BCUT2D eigenvalue weighted by Gasteiger charge is 2.55. The lowest BCUT2D eigenvalue weighted by atomic mass is 9.96. The summed E-state index contributed by atoms with van der Waals surface area (Å²) in [7, 11) is 0. The summed E-state index contributed by atoms with van der Waals surface area (Å²) in [4.78, 5) is 30.1. The van der Waals surface area contributed by atoms with E-state index in [2.05, 4.69) is 10.3 Å². The van der Waals surface area contributed by atoms with Crippen molar-refractivity contribution in [2.24, 2.45) is 5.92 Å². The molecule has 5 nitrogen and oxygen atoms in total. The molecule has 1 aliphatic carbocycles. The van der Waals surface area contributed by atoms with Crippen LogP contribution in [0.3, 0.4) is 0 Å². The van der Waals surface area contributed by atoms with Gasteiger partial charge >= 0.3 is 6.03 Å². The van der Waals surface area contributed by atoms with Crippen LogP contribution in [0.5, 0.6) is 0 Å². The zero-order valence-electron chi connectivity index (χ0n) is 11.1. The van der Waals surface area contributed by atoms with Gasteiger partial charge in [0.05, 0.1) is 17.2 Å². The van der Waals surface area contributed by atoms with Crippen molar-refractivity contribution in [2.75, 3.05) is 0 Å². The van der Waals surface area contributed by atoms with Crippen LogP contribution in [0.4, 0.5) is 4.79 Å². The molecule has 1 aliphatic heterocycles. The van der Waals surface area contributed by atoms with Crippen LogP contribution in [0.2, 0.25) is 0 Å². The number of aryl methyl sites for hydroxylation is 1. The van der Waals surface area contributed by atoms with E-state index < -0.39 is 5.54 Å². The smallest absolute Gasteiger partial charge is 0.323 e. The number of carbonyl (C=O) groups is 2. The van der Waals surface area contributed by atoms with Crippen LogP contribution in [0.15, 0.2) is 5.38 Å². The molecule has 1 N–H and O–H groups in total. The van der Waals surface area contributed by atoms with Crippen molar-refractivity contribution in [3.8, 4) is 0 Å². The Kier molecular flexibility index (Phi) is 2.85. The lowest BCUT2D eigenvalue weighted by Gasteiger charge is -2.20. The minimum atomic E-state index is -0.694. The lowest BCUT2D eigenvalue weighted by Crippen LogP contribution is -2.46. The normalized spacial score (nSPS) is 26.9. The number of hydrogen-bond donors (Lipinski definition) is 1. The largest absolute Gasteiger partial charge is 0.325 e. The molecule has 1 unspecified atom stereocenters. The fourth-order valence-electron chi connectivity index (χ4n) is 2.54. The number of carbonyl (C=O) groups excluding carboxylic acids is 2. The SMILES string of the molecule is CCc1nc(CN2C(=O)NC(C)(C3CC3)C2=O)cs1. The molecule has 3 rings (SSSR count). The third kappa shape index (κ3) is 2.04. The van der Waals surface area contributed by atoms with Crippen molar-refractivity contribution in [1.82, 2.24) is 15.2 Å². The molecule has 0 bridgehead atoms. The Hall–Kier alpha value is -1.43. The Morgan fingerprint density at radius 2 is 2.26 bits per heavy atom. The first-order chi connectivity index (χ1) is 9.04. The van der Waals surface area contributed by atoms with E-state index in [1.54, 1.807) is 11.3 Å². The Balaban J connectivity index is 1.77. The predicted molar refractivity (Wildman–Crippen MR) is 71.7 cm³/mol. The van der Waals surface area contributed by atoms with Gasteiger partial charge < -0.3 is 5.32 Å². The first kappa shape index (κ1) is 12.6. The number of rotatable bonds is 4. The van der Waals surface area contributed by atoms with Crippen LogP contribution in [0.1, 0.15) is 37.4 Å².